The Morgan fingerprint density at radius 3 is 2.72 bits per heavy atom. The number of fused-ring (bicyclic) bond motifs is 3. The highest BCUT2D eigenvalue weighted by Gasteiger charge is 2.50. The van der Waals surface area contributed by atoms with Gasteiger partial charge in [-0.15, -0.1) is 0 Å². The van der Waals surface area contributed by atoms with Crippen LogP contribution in [0.1, 0.15) is 32.8 Å². The maximum atomic E-state index is 15.9. The summed E-state index contributed by atoms with van der Waals surface area (Å²) in [5.74, 6) is 0.196. The highest BCUT2D eigenvalue weighted by molar-refractivity contribution is 5.99. The summed E-state index contributed by atoms with van der Waals surface area (Å²) in [7, 11) is 0. The van der Waals surface area contributed by atoms with Gasteiger partial charge in [-0.1, -0.05) is 42.0 Å². The Kier molecular flexibility index (Phi) is 5.10. The van der Waals surface area contributed by atoms with Gasteiger partial charge >= 0.3 is 6.09 Å². The second-order valence-corrected chi connectivity index (χ2v) is 10.7. The van der Waals surface area contributed by atoms with Crippen molar-refractivity contribution in [2.24, 2.45) is 0 Å². The fourth-order valence-electron chi connectivity index (χ4n) is 5.42. The third-order valence-corrected chi connectivity index (χ3v) is 7.09. The lowest BCUT2D eigenvalue weighted by Crippen LogP contribution is -2.63. The molecule has 1 amide bonds. The van der Waals surface area contributed by atoms with Gasteiger partial charge in [-0.3, -0.25) is 4.98 Å². The van der Waals surface area contributed by atoms with E-state index in [1.165, 1.54) is 6.33 Å². The van der Waals surface area contributed by atoms with Crippen LogP contribution in [0.25, 0.3) is 32.9 Å². The van der Waals surface area contributed by atoms with Crippen molar-refractivity contribution in [1.82, 2.24) is 19.9 Å². The Morgan fingerprint density at radius 2 is 1.92 bits per heavy atom. The minimum absolute atomic E-state index is 0.0566. The van der Waals surface area contributed by atoms with Crippen molar-refractivity contribution in [3.05, 3.63) is 60.3 Å². The van der Waals surface area contributed by atoms with Gasteiger partial charge in [-0.05, 0) is 44.9 Å². The van der Waals surface area contributed by atoms with E-state index in [9.17, 15) is 4.79 Å². The molecule has 184 valence electrons. The zero-order chi connectivity index (χ0) is 25.2. The fourth-order valence-corrected chi connectivity index (χ4v) is 5.42. The smallest absolute Gasteiger partial charge is 0.410 e. The number of hydrogen-bond acceptors (Lipinski definition) is 6. The third-order valence-electron chi connectivity index (χ3n) is 7.09. The minimum atomic E-state index is -0.536. The number of nitrogens with zero attached hydrogens (tertiary/aromatic N) is 5. The van der Waals surface area contributed by atoms with Gasteiger partial charge in [-0.2, -0.15) is 0 Å². The normalized spacial score (nSPS) is 19.5. The number of carbonyl (C=O) groups is 1. The van der Waals surface area contributed by atoms with Gasteiger partial charge in [0.25, 0.3) is 0 Å². The van der Waals surface area contributed by atoms with Crippen LogP contribution in [0.2, 0.25) is 0 Å². The third kappa shape index (κ3) is 3.63. The average molecular weight is 486 g/mol. The standard InChI is InChI=1S/C28H28FN5O2/c1-16-8-9-18-17(12-16)6-5-7-19(18)24-23(29)25-20(13-30-24)26(32-15-31-25)34-14-22-21(34)10-11-33(22)27(35)36-28(2,3)4/h5-9,12-13,15,21-22H,10-11,14H2,1-4H3/t21-,22-/m1/s1. The van der Waals surface area contributed by atoms with E-state index in [1.807, 2.05) is 58.0 Å². The number of pyridine rings is 1. The first kappa shape index (κ1) is 22.6. The lowest BCUT2D eigenvalue weighted by atomic mass is 9.96. The molecule has 4 aromatic rings. The number of amides is 1. The van der Waals surface area contributed by atoms with E-state index in [0.29, 0.717) is 24.3 Å². The number of hydrogen-bond donors (Lipinski definition) is 0. The molecular formula is C28H28FN5O2. The van der Waals surface area contributed by atoms with Crippen LogP contribution in [0.5, 0.6) is 0 Å². The summed E-state index contributed by atoms with van der Waals surface area (Å²) in [5.41, 5.74) is 1.87. The largest absolute Gasteiger partial charge is 0.444 e. The Bertz CT molecular complexity index is 1520. The number of carbonyl (C=O) groups excluding carboxylic acids is 1. The van der Waals surface area contributed by atoms with Crippen LogP contribution < -0.4 is 4.90 Å². The van der Waals surface area contributed by atoms with E-state index in [1.54, 1.807) is 11.1 Å². The Balaban J connectivity index is 1.33. The van der Waals surface area contributed by atoms with Crippen molar-refractivity contribution in [2.75, 3.05) is 18.0 Å². The number of aromatic nitrogens is 3. The predicted molar refractivity (Wildman–Crippen MR) is 137 cm³/mol. The van der Waals surface area contributed by atoms with Gasteiger partial charge in [0.05, 0.1) is 17.5 Å². The van der Waals surface area contributed by atoms with Crippen LogP contribution in [0.15, 0.2) is 48.9 Å². The van der Waals surface area contributed by atoms with Gasteiger partial charge in [0.15, 0.2) is 5.82 Å². The molecule has 2 aliphatic rings. The maximum Gasteiger partial charge on any atom is 0.410 e. The number of halogens is 1. The molecule has 4 heterocycles. The molecule has 6 rings (SSSR count). The molecule has 0 N–H and O–H groups in total. The summed E-state index contributed by atoms with van der Waals surface area (Å²) >= 11 is 0. The van der Waals surface area contributed by atoms with E-state index in [2.05, 4.69) is 25.9 Å². The van der Waals surface area contributed by atoms with E-state index >= 15 is 4.39 Å². The van der Waals surface area contributed by atoms with Crippen molar-refractivity contribution in [1.29, 1.82) is 0 Å². The van der Waals surface area contributed by atoms with Crippen LogP contribution in [0.4, 0.5) is 15.0 Å². The maximum absolute atomic E-state index is 15.9. The molecule has 0 bridgehead atoms. The summed E-state index contributed by atoms with van der Waals surface area (Å²) in [6.07, 6.45) is 3.60. The number of aryl methyl sites for hydroxylation is 1. The monoisotopic (exact) mass is 485 g/mol. The molecule has 2 aromatic carbocycles. The van der Waals surface area contributed by atoms with Gasteiger partial charge in [0.1, 0.15) is 29.0 Å². The van der Waals surface area contributed by atoms with Crippen LogP contribution in [-0.4, -0.2) is 56.7 Å². The van der Waals surface area contributed by atoms with E-state index < -0.39 is 11.4 Å². The zero-order valence-electron chi connectivity index (χ0n) is 20.8. The number of anilines is 1. The average Bonchev–Trinajstić information content (AvgIpc) is 3.14. The van der Waals surface area contributed by atoms with E-state index in [4.69, 9.17) is 4.74 Å². The minimum Gasteiger partial charge on any atom is -0.444 e. The van der Waals surface area contributed by atoms with Crippen molar-refractivity contribution in [3.8, 4) is 11.3 Å². The summed E-state index contributed by atoms with van der Waals surface area (Å²) in [6.45, 7) is 8.88. The molecule has 0 aliphatic carbocycles. The van der Waals surface area contributed by atoms with Crippen LogP contribution in [0, 0.1) is 12.7 Å². The van der Waals surface area contributed by atoms with Crippen molar-refractivity contribution in [2.45, 2.75) is 51.8 Å². The molecule has 2 fully saturated rings. The van der Waals surface area contributed by atoms with E-state index in [0.717, 1.165) is 28.3 Å². The molecule has 0 spiro atoms. The molecule has 2 aromatic heterocycles. The molecule has 7 nitrogen and oxygen atoms in total. The lowest BCUT2D eigenvalue weighted by Gasteiger charge is -2.47. The van der Waals surface area contributed by atoms with Crippen molar-refractivity contribution >= 4 is 33.6 Å². The number of ether oxygens (including phenoxy) is 1. The van der Waals surface area contributed by atoms with Gasteiger partial charge < -0.3 is 14.5 Å². The van der Waals surface area contributed by atoms with Gasteiger partial charge in [0, 0.05) is 24.8 Å². The molecule has 0 unspecified atom stereocenters. The SMILES string of the molecule is Cc1ccc2c(-c3ncc4c(N5C[C@@H]6[C@H]5CCN6C(=O)OC(C)(C)C)ncnc4c3F)cccc2c1. The summed E-state index contributed by atoms with van der Waals surface area (Å²) in [5, 5.41) is 2.56. The summed E-state index contributed by atoms with van der Waals surface area (Å²) in [4.78, 5) is 29.9. The molecule has 2 atom stereocenters. The lowest BCUT2D eigenvalue weighted by molar-refractivity contribution is 0.0193. The molecule has 36 heavy (non-hydrogen) atoms. The molecule has 0 saturated carbocycles. The Morgan fingerprint density at radius 1 is 1.08 bits per heavy atom. The predicted octanol–water partition coefficient (Wildman–Crippen LogP) is 5.49. The van der Waals surface area contributed by atoms with Crippen molar-refractivity contribution < 1.29 is 13.9 Å². The topological polar surface area (TPSA) is 71.5 Å². The van der Waals surface area contributed by atoms with Crippen molar-refractivity contribution in [3.63, 3.8) is 0 Å². The van der Waals surface area contributed by atoms with Crippen LogP contribution in [0.3, 0.4) is 0 Å². The summed E-state index contributed by atoms with van der Waals surface area (Å²) in [6, 6.07) is 12.1. The molecule has 2 aliphatic heterocycles. The second kappa shape index (κ2) is 8.11. The zero-order valence-corrected chi connectivity index (χ0v) is 20.8. The first-order valence-electron chi connectivity index (χ1n) is 12.3. The quantitative estimate of drug-likeness (QED) is 0.374. The van der Waals surface area contributed by atoms with Gasteiger partial charge in [-0.25, -0.2) is 19.2 Å². The molecule has 0 radical (unpaired) electrons. The number of benzene rings is 2. The highest BCUT2D eigenvalue weighted by Crippen LogP contribution is 2.40. The fraction of sp³-hybridized carbons (Fsp3) is 0.357. The summed E-state index contributed by atoms with van der Waals surface area (Å²) < 4.78 is 21.5. The Labute approximate surface area is 208 Å². The van der Waals surface area contributed by atoms with Crippen LogP contribution >= 0.6 is 0 Å². The Hall–Kier alpha value is -3.81. The second-order valence-electron chi connectivity index (χ2n) is 10.7. The van der Waals surface area contributed by atoms with Crippen LogP contribution in [-0.2, 0) is 4.74 Å². The molecular weight excluding hydrogens is 457 g/mol. The molecule has 8 heteroatoms. The van der Waals surface area contributed by atoms with Gasteiger partial charge in [0.2, 0.25) is 0 Å². The number of rotatable bonds is 2. The highest BCUT2D eigenvalue weighted by atomic mass is 19.1. The first-order chi connectivity index (χ1) is 17.2. The number of likely N-dealkylation sites (tertiary alicyclic amines) is 1. The first-order valence-corrected chi connectivity index (χ1v) is 12.3. The van der Waals surface area contributed by atoms with E-state index in [-0.39, 0.29) is 29.4 Å². The molecule has 2 saturated heterocycles.